The van der Waals surface area contributed by atoms with E-state index in [-0.39, 0.29) is 5.76 Å². The van der Waals surface area contributed by atoms with Gasteiger partial charge in [0.15, 0.2) is 5.16 Å². The van der Waals surface area contributed by atoms with Crippen LogP contribution in [0.1, 0.15) is 22.0 Å². The molecule has 0 aliphatic carbocycles. The average molecular weight is 293 g/mol. The molecule has 0 radical (unpaired) electrons. The number of furan rings is 1. The minimum atomic E-state index is -1.07. The Morgan fingerprint density at radius 1 is 1.40 bits per heavy atom. The number of hydrogen-bond donors (Lipinski definition) is 1. The molecule has 0 atom stereocenters. The minimum Gasteiger partial charge on any atom is -0.475 e. The van der Waals surface area contributed by atoms with Crippen molar-refractivity contribution >= 4 is 23.5 Å². The standard InChI is InChI=1S/C13H15N3O3S/c1-8-6-11(16(2)3)15-13(14-8)20-7-9-4-5-10(19-9)12(17)18/h4-6H,7H2,1-3H3,(H,17,18). The lowest BCUT2D eigenvalue weighted by atomic mass is 10.4. The molecule has 106 valence electrons. The molecule has 20 heavy (non-hydrogen) atoms. The molecule has 2 rings (SSSR count). The monoisotopic (exact) mass is 293 g/mol. The lowest BCUT2D eigenvalue weighted by Gasteiger charge is -2.12. The summed E-state index contributed by atoms with van der Waals surface area (Å²) >= 11 is 1.41. The maximum atomic E-state index is 10.7. The lowest BCUT2D eigenvalue weighted by Crippen LogP contribution is -2.11. The predicted octanol–water partition coefficient (Wildman–Crippen LogP) is 2.43. The second-order valence-electron chi connectivity index (χ2n) is 4.40. The summed E-state index contributed by atoms with van der Waals surface area (Å²) in [5.74, 6) is 0.793. The summed E-state index contributed by atoms with van der Waals surface area (Å²) in [5.41, 5.74) is 0.886. The van der Waals surface area contributed by atoms with E-state index in [1.165, 1.54) is 17.8 Å². The van der Waals surface area contributed by atoms with Crippen LogP contribution in [0.4, 0.5) is 5.82 Å². The van der Waals surface area contributed by atoms with Crippen LogP contribution in [0.15, 0.2) is 27.8 Å². The molecule has 2 aromatic rings. The summed E-state index contributed by atoms with van der Waals surface area (Å²) < 4.78 is 5.19. The smallest absolute Gasteiger partial charge is 0.371 e. The molecular weight excluding hydrogens is 278 g/mol. The maximum absolute atomic E-state index is 10.7. The first kappa shape index (κ1) is 14.4. The number of aryl methyl sites for hydroxylation is 1. The fraction of sp³-hybridized carbons (Fsp3) is 0.308. The van der Waals surface area contributed by atoms with Gasteiger partial charge in [0.05, 0.1) is 5.75 Å². The number of thioether (sulfide) groups is 1. The first-order valence-corrected chi connectivity index (χ1v) is 6.92. The van der Waals surface area contributed by atoms with Crippen LogP contribution < -0.4 is 4.90 Å². The second-order valence-corrected chi connectivity index (χ2v) is 5.35. The summed E-state index contributed by atoms with van der Waals surface area (Å²) in [5, 5.41) is 9.43. The summed E-state index contributed by atoms with van der Waals surface area (Å²) in [7, 11) is 3.84. The van der Waals surface area contributed by atoms with Gasteiger partial charge in [-0.3, -0.25) is 0 Å². The molecule has 0 saturated heterocycles. The molecule has 0 fully saturated rings. The van der Waals surface area contributed by atoms with E-state index in [4.69, 9.17) is 9.52 Å². The molecule has 1 N–H and O–H groups in total. The van der Waals surface area contributed by atoms with Crippen LogP contribution >= 0.6 is 11.8 Å². The van der Waals surface area contributed by atoms with Crippen LogP contribution in [0.25, 0.3) is 0 Å². The van der Waals surface area contributed by atoms with Crippen LogP contribution in [-0.4, -0.2) is 35.1 Å². The van der Waals surface area contributed by atoms with E-state index in [2.05, 4.69) is 9.97 Å². The highest BCUT2D eigenvalue weighted by atomic mass is 32.2. The summed E-state index contributed by atoms with van der Waals surface area (Å²) in [6, 6.07) is 5.00. The fourth-order valence-corrected chi connectivity index (χ4v) is 2.32. The average Bonchev–Trinajstić information content (AvgIpc) is 2.84. The Kier molecular flexibility index (Phi) is 4.29. The number of rotatable bonds is 5. The molecule has 2 heterocycles. The van der Waals surface area contributed by atoms with Crippen molar-refractivity contribution in [2.45, 2.75) is 17.8 Å². The zero-order valence-corrected chi connectivity index (χ0v) is 12.3. The number of carbonyl (C=O) groups is 1. The van der Waals surface area contributed by atoms with E-state index >= 15 is 0 Å². The molecule has 0 saturated carbocycles. The molecule has 6 nitrogen and oxygen atoms in total. The fourth-order valence-electron chi connectivity index (χ4n) is 1.52. The highest BCUT2D eigenvalue weighted by Crippen LogP contribution is 2.23. The van der Waals surface area contributed by atoms with E-state index in [0.717, 1.165) is 11.5 Å². The zero-order chi connectivity index (χ0) is 14.7. The molecule has 0 bridgehead atoms. The second kappa shape index (κ2) is 5.96. The van der Waals surface area contributed by atoms with Crippen molar-refractivity contribution in [3.63, 3.8) is 0 Å². The third-order valence-corrected chi connectivity index (χ3v) is 3.36. The normalized spacial score (nSPS) is 10.6. The predicted molar refractivity (Wildman–Crippen MR) is 76.3 cm³/mol. The van der Waals surface area contributed by atoms with Gasteiger partial charge in [0.1, 0.15) is 11.6 Å². The number of hydrogen-bond acceptors (Lipinski definition) is 6. The molecule has 2 aromatic heterocycles. The van der Waals surface area contributed by atoms with Crippen molar-refractivity contribution in [1.29, 1.82) is 0 Å². The van der Waals surface area contributed by atoms with Gasteiger partial charge in [-0.15, -0.1) is 0 Å². The van der Waals surface area contributed by atoms with E-state index in [9.17, 15) is 4.79 Å². The Balaban J connectivity index is 2.08. The van der Waals surface area contributed by atoms with Crippen LogP contribution in [0.3, 0.4) is 0 Å². The van der Waals surface area contributed by atoms with Crippen molar-refractivity contribution in [3.05, 3.63) is 35.4 Å². The SMILES string of the molecule is Cc1cc(N(C)C)nc(SCc2ccc(C(=O)O)o2)n1. The highest BCUT2D eigenvalue weighted by molar-refractivity contribution is 7.98. The van der Waals surface area contributed by atoms with Gasteiger partial charge >= 0.3 is 5.97 Å². The van der Waals surface area contributed by atoms with Crippen LogP contribution in [0, 0.1) is 6.92 Å². The van der Waals surface area contributed by atoms with Crippen molar-refractivity contribution in [2.24, 2.45) is 0 Å². The van der Waals surface area contributed by atoms with E-state index < -0.39 is 5.97 Å². The summed E-state index contributed by atoms with van der Waals surface area (Å²) in [4.78, 5) is 21.4. The number of nitrogens with zero attached hydrogens (tertiary/aromatic N) is 3. The Hall–Kier alpha value is -2.02. The van der Waals surface area contributed by atoms with Gasteiger partial charge in [0, 0.05) is 25.9 Å². The number of aromatic nitrogens is 2. The van der Waals surface area contributed by atoms with Crippen molar-refractivity contribution in [2.75, 3.05) is 19.0 Å². The van der Waals surface area contributed by atoms with Crippen LogP contribution in [0.2, 0.25) is 0 Å². The molecule has 0 aliphatic rings. The Labute approximate surface area is 120 Å². The molecule has 0 spiro atoms. The lowest BCUT2D eigenvalue weighted by molar-refractivity contribution is 0.0661. The van der Waals surface area contributed by atoms with E-state index in [0.29, 0.717) is 16.7 Å². The maximum Gasteiger partial charge on any atom is 0.371 e. The van der Waals surface area contributed by atoms with Gasteiger partial charge in [-0.1, -0.05) is 11.8 Å². The summed E-state index contributed by atoms with van der Waals surface area (Å²) in [6.45, 7) is 1.91. The molecular formula is C13H15N3O3S. The Morgan fingerprint density at radius 3 is 2.75 bits per heavy atom. The highest BCUT2D eigenvalue weighted by Gasteiger charge is 2.10. The first-order valence-electron chi connectivity index (χ1n) is 5.93. The Morgan fingerprint density at radius 2 is 2.15 bits per heavy atom. The Bertz CT molecular complexity index is 625. The van der Waals surface area contributed by atoms with Gasteiger partial charge in [-0.2, -0.15) is 0 Å². The molecule has 0 aliphatic heterocycles. The van der Waals surface area contributed by atoms with E-state index in [1.807, 2.05) is 32.0 Å². The van der Waals surface area contributed by atoms with Gasteiger partial charge in [-0.25, -0.2) is 14.8 Å². The van der Waals surface area contributed by atoms with Gasteiger partial charge in [-0.05, 0) is 19.1 Å². The quantitative estimate of drug-likeness (QED) is 0.670. The van der Waals surface area contributed by atoms with Crippen molar-refractivity contribution in [1.82, 2.24) is 9.97 Å². The third-order valence-electron chi connectivity index (χ3n) is 2.49. The molecule has 7 heteroatoms. The van der Waals surface area contributed by atoms with Crippen molar-refractivity contribution < 1.29 is 14.3 Å². The number of anilines is 1. The molecule has 0 amide bonds. The van der Waals surface area contributed by atoms with E-state index in [1.54, 1.807) is 6.07 Å². The number of carboxylic acid groups (broad SMARTS) is 1. The largest absolute Gasteiger partial charge is 0.475 e. The first-order chi connectivity index (χ1) is 9.45. The topological polar surface area (TPSA) is 79.5 Å². The van der Waals surface area contributed by atoms with Crippen LogP contribution in [0.5, 0.6) is 0 Å². The number of carboxylic acids is 1. The molecule has 0 aromatic carbocycles. The summed E-state index contributed by atoms with van der Waals surface area (Å²) in [6.07, 6.45) is 0. The van der Waals surface area contributed by atoms with Gasteiger partial charge in [0.2, 0.25) is 5.76 Å². The van der Waals surface area contributed by atoms with Crippen LogP contribution in [-0.2, 0) is 5.75 Å². The zero-order valence-electron chi connectivity index (χ0n) is 11.5. The molecule has 0 unspecified atom stereocenters. The third kappa shape index (κ3) is 3.51. The van der Waals surface area contributed by atoms with Gasteiger partial charge in [0.25, 0.3) is 0 Å². The minimum absolute atomic E-state index is 0.0558. The van der Waals surface area contributed by atoms with Crippen molar-refractivity contribution in [3.8, 4) is 0 Å². The number of aromatic carboxylic acids is 1. The van der Waals surface area contributed by atoms with Gasteiger partial charge < -0.3 is 14.4 Å².